The van der Waals surface area contributed by atoms with Gasteiger partial charge in [-0.1, -0.05) is 12.1 Å². The summed E-state index contributed by atoms with van der Waals surface area (Å²) in [7, 11) is 1.48. The van der Waals surface area contributed by atoms with E-state index < -0.39 is 4.92 Å². The molecule has 20 heavy (non-hydrogen) atoms. The topological polar surface area (TPSA) is 61.6 Å². The number of benzene rings is 2. The summed E-state index contributed by atoms with van der Waals surface area (Å²) in [4.78, 5) is 10.4. The third-order valence-corrected chi connectivity index (χ3v) is 2.79. The number of nitro groups is 1. The molecule has 104 valence electrons. The fourth-order valence-corrected chi connectivity index (χ4v) is 1.82. The normalized spacial score (nSPS) is 10.1. The molecule has 0 N–H and O–H groups in total. The molecule has 0 radical (unpaired) electrons. The Morgan fingerprint density at radius 3 is 2.60 bits per heavy atom. The van der Waals surface area contributed by atoms with Crippen molar-refractivity contribution in [2.24, 2.45) is 0 Å². The van der Waals surface area contributed by atoms with E-state index in [0.29, 0.717) is 11.3 Å². The van der Waals surface area contributed by atoms with Crippen molar-refractivity contribution < 1.29 is 14.4 Å². The lowest BCUT2D eigenvalue weighted by Gasteiger charge is -2.08. The number of aryl methyl sites for hydroxylation is 1. The van der Waals surface area contributed by atoms with Crippen LogP contribution in [0.2, 0.25) is 0 Å². The first kappa shape index (κ1) is 13.9. The molecule has 2 aromatic carbocycles. The second kappa shape index (κ2) is 6.06. The van der Waals surface area contributed by atoms with Crippen LogP contribution in [0.4, 0.5) is 5.69 Å². The van der Waals surface area contributed by atoms with Crippen molar-refractivity contribution in [3.05, 3.63) is 63.7 Å². The van der Waals surface area contributed by atoms with E-state index in [1.165, 1.54) is 19.2 Å². The van der Waals surface area contributed by atoms with Crippen LogP contribution < -0.4 is 9.47 Å². The summed E-state index contributed by atoms with van der Waals surface area (Å²) in [6.45, 7) is 2.23. The van der Waals surface area contributed by atoms with Crippen LogP contribution in [-0.4, -0.2) is 12.0 Å². The molecule has 5 heteroatoms. The highest BCUT2D eigenvalue weighted by Crippen LogP contribution is 2.23. The van der Waals surface area contributed by atoms with Crippen molar-refractivity contribution in [3.8, 4) is 11.5 Å². The Bertz CT molecular complexity index is 625. The van der Waals surface area contributed by atoms with E-state index >= 15 is 0 Å². The molecule has 0 bridgehead atoms. The molecule has 0 aromatic heterocycles. The lowest BCUT2D eigenvalue weighted by Crippen LogP contribution is -1.98. The average molecular weight is 273 g/mol. The van der Waals surface area contributed by atoms with Gasteiger partial charge in [-0.25, -0.2) is 0 Å². The number of non-ortho nitro benzene ring substituents is 1. The Balaban J connectivity index is 2.16. The molecule has 0 aliphatic rings. The minimum Gasteiger partial charge on any atom is -0.496 e. The molecule has 0 atom stereocenters. The molecule has 0 saturated carbocycles. The summed E-state index contributed by atoms with van der Waals surface area (Å²) in [6, 6.07) is 12.2. The molecule has 0 aliphatic carbocycles. The van der Waals surface area contributed by atoms with Crippen LogP contribution in [0.1, 0.15) is 11.1 Å². The summed E-state index contributed by atoms with van der Waals surface area (Å²) in [5, 5.41) is 10.8. The van der Waals surface area contributed by atoms with E-state index in [4.69, 9.17) is 9.47 Å². The Kier molecular flexibility index (Phi) is 4.20. The predicted octanol–water partition coefficient (Wildman–Crippen LogP) is 3.49. The van der Waals surface area contributed by atoms with Crippen molar-refractivity contribution >= 4 is 5.69 Å². The van der Waals surface area contributed by atoms with Gasteiger partial charge < -0.3 is 9.47 Å². The van der Waals surface area contributed by atoms with E-state index in [2.05, 4.69) is 0 Å². The molecule has 0 amide bonds. The number of nitro benzene ring substituents is 1. The standard InChI is InChI=1S/C15H15NO4/c1-11-4-3-5-14(6-11)20-10-12-7-13(16(17)18)9-15(8-12)19-2/h3-9H,10H2,1-2H3. The molecule has 0 unspecified atom stereocenters. The van der Waals surface area contributed by atoms with Crippen LogP contribution in [0.5, 0.6) is 11.5 Å². The number of methoxy groups -OCH3 is 1. The van der Waals surface area contributed by atoms with Gasteiger partial charge in [0.15, 0.2) is 0 Å². The van der Waals surface area contributed by atoms with Gasteiger partial charge in [-0.05, 0) is 36.2 Å². The monoisotopic (exact) mass is 273 g/mol. The molecule has 5 nitrogen and oxygen atoms in total. The fourth-order valence-electron chi connectivity index (χ4n) is 1.82. The molecule has 0 saturated heterocycles. The largest absolute Gasteiger partial charge is 0.496 e. The number of nitrogens with zero attached hydrogens (tertiary/aromatic N) is 1. The molecule has 0 heterocycles. The van der Waals surface area contributed by atoms with Gasteiger partial charge in [0.1, 0.15) is 18.1 Å². The molecule has 2 rings (SSSR count). The molecule has 2 aromatic rings. The van der Waals surface area contributed by atoms with Gasteiger partial charge in [0, 0.05) is 6.07 Å². The maximum atomic E-state index is 10.8. The smallest absolute Gasteiger partial charge is 0.273 e. The third-order valence-electron chi connectivity index (χ3n) is 2.79. The second-order valence-corrected chi connectivity index (χ2v) is 4.40. The van der Waals surface area contributed by atoms with Crippen molar-refractivity contribution in [2.75, 3.05) is 7.11 Å². The van der Waals surface area contributed by atoms with E-state index in [0.717, 1.165) is 11.3 Å². The van der Waals surface area contributed by atoms with Gasteiger partial charge in [-0.15, -0.1) is 0 Å². The lowest BCUT2D eigenvalue weighted by molar-refractivity contribution is -0.385. The lowest BCUT2D eigenvalue weighted by atomic mass is 10.2. The minimum atomic E-state index is -0.446. The van der Waals surface area contributed by atoms with E-state index in [1.54, 1.807) is 6.07 Å². The molecule has 0 spiro atoms. The predicted molar refractivity (Wildman–Crippen MR) is 75.2 cm³/mol. The zero-order chi connectivity index (χ0) is 14.5. The van der Waals surface area contributed by atoms with Gasteiger partial charge in [0.2, 0.25) is 0 Å². The van der Waals surface area contributed by atoms with Crippen LogP contribution in [-0.2, 0) is 6.61 Å². The summed E-state index contributed by atoms with van der Waals surface area (Å²) < 4.78 is 10.7. The Labute approximate surface area is 116 Å². The molecular weight excluding hydrogens is 258 g/mol. The average Bonchev–Trinajstić information content (AvgIpc) is 2.45. The highest BCUT2D eigenvalue weighted by molar-refractivity contribution is 5.42. The minimum absolute atomic E-state index is 0.00723. The number of rotatable bonds is 5. The maximum absolute atomic E-state index is 10.8. The van der Waals surface area contributed by atoms with Gasteiger partial charge in [0.05, 0.1) is 18.1 Å². The molecular formula is C15H15NO4. The third kappa shape index (κ3) is 3.47. The highest BCUT2D eigenvalue weighted by atomic mass is 16.6. The first-order chi connectivity index (χ1) is 9.58. The number of ether oxygens (including phenoxy) is 2. The SMILES string of the molecule is COc1cc(COc2cccc(C)c2)cc([N+](=O)[O-])c1. The van der Waals surface area contributed by atoms with Gasteiger partial charge in [-0.2, -0.15) is 0 Å². The summed E-state index contributed by atoms with van der Waals surface area (Å²) in [5.74, 6) is 1.18. The molecule has 0 fully saturated rings. The second-order valence-electron chi connectivity index (χ2n) is 4.40. The zero-order valence-electron chi connectivity index (χ0n) is 11.3. The van der Waals surface area contributed by atoms with Crippen LogP contribution >= 0.6 is 0 Å². The quantitative estimate of drug-likeness (QED) is 0.618. The van der Waals surface area contributed by atoms with Gasteiger partial charge in [0.25, 0.3) is 5.69 Å². The van der Waals surface area contributed by atoms with Crippen LogP contribution in [0.25, 0.3) is 0 Å². The number of hydrogen-bond acceptors (Lipinski definition) is 4. The zero-order valence-corrected chi connectivity index (χ0v) is 11.3. The van der Waals surface area contributed by atoms with E-state index in [-0.39, 0.29) is 12.3 Å². The summed E-state index contributed by atoms with van der Waals surface area (Å²) >= 11 is 0. The van der Waals surface area contributed by atoms with Crippen molar-refractivity contribution in [1.29, 1.82) is 0 Å². The van der Waals surface area contributed by atoms with Crippen LogP contribution in [0.3, 0.4) is 0 Å². The highest BCUT2D eigenvalue weighted by Gasteiger charge is 2.10. The van der Waals surface area contributed by atoms with Crippen molar-refractivity contribution in [1.82, 2.24) is 0 Å². The van der Waals surface area contributed by atoms with Crippen molar-refractivity contribution in [2.45, 2.75) is 13.5 Å². The first-order valence-corrected chi connectivity index (χ1v) is 6.10. The Hall–Kier alpha value is -2.56. The summed E-state index contributed by atoms with van der Waals surface area (Å²) in [5.41, 5.74) is 1.78. The fraction of sp³-hybridized carbons (Fsp3) is 0.200. The van der Waals surface area contributed by atoms with Crippen LogP contribution in [0, 0.1) is 17.0 Å². The first-order valence-electron chi connectivity index (χ1n) is 6.10. The van der Waals surface area contributed by atoms with Crippen LogP contribution in [0.15, 0.2) is 42.5 Å². The van der Waals surface area contributed by atoms with Gasteiger partial charge in [-0.3, -0.25) is 10.1 Å². The maximum Gasteiger partial charge on any atom is 0.273 e. The Morgan fingerprint density at radius 1 is 1.15 bits per heavy atom. The summed E-state index contributed by atoms with van der Waals surface area (Å²) in [6.07, 6.45) is 0. The Morgan fingerprint density at radius 2 is 1.95 bits per heavy atom. The van der Waals surface area contributed by atoms with Gasteiger partial charge >= 0.3 is 0 Å². The van der Waals surface area contributed by atoms with E-state index in [9.17, 15) is 10.1 Å². The van der Waals surface area contributed by atoms with Crippen molar-refractivity contribution in [3.63, 3.8) is 0 Å². The number of hydrogen-bond donors (Lipinski definition) is 0. The molecule has 0 aliphatic heterocycles. The van der Waals surface area contributed by atoms with E-state index in [1.807, 2.05) is 31.2 Å².